The largest absolute Gasteiger partial charge is 0.390 e. The van der Waals surface area contributed by atoms with E-state index in [9.17, 15) is 5.11 Å². The molecule has 0 aromatic carbocycles. The van der Waals surface area contributed by atoms with Crippen LogP contribution in [0.2, 0.25) is 0 Å². The first kappa shape index (κ1) is 16.9. The van der Waals surface area contributed by atoms with E-state index in [-0.39, 0.29) is 6.10 Å². The van der Waals surface area contributed by atoms with Gasteiger partial charge in [-0.15, -0.1) is 0 Å². The van der Waals surface area contributed by atoms with Crippen LogP contribution in [0.3, 0.4) is 0 Å². The van der Waals surface area contributed by atoms with Gasteiger partial charge in [-0.3, -0.25) is 0 Å². The fraction of sp³-hybridized carbons (Fsp3) is 1.00. The summed E-state index contributed by atoms with van der Waals surface area (Å²) in [5, 5.41) is 13.2. The summed E-state index contributed by atoms with van der Waals surface area (Å²) in [7, 11) is 5.97. The van der Waals surface area contributed by atoms with Gasteiger partial charge < -0.3 is 25.0 Å². The quantitative estimate of drug-likeness (QED) is 0.573. The number of piperidine rings is 1. The molecular formula is C14H31N3O2. The number of hydrogen-bond acceptors (Lipinski definition) is 5. The Balaban J connectivity index is 2.07. The monoisotopic (exact) mass is 273 g/mol. The van der Waals surface area contributed by atoms with E-state index in [4.69, 9.17) is 4.74 Å². The highest BCUT2D eigenvalue weighted by Crippen LogP contribution is 2.17. The first-order chi connectivity index (χ1) is 9.11. The van der Waals surface area contributed by atoms with Gasteiger partial charge in [0.15, 0.2) is 0 Å². The van der Waals surface area contributed by atoms with Gasteiger partial charge in [0.25, 0.3) is 0 Å². The number of hydrogen-bond donors (Lipinski definition) is 2. The first-order valence-electron chi connectivity index (χ1n) is 7.36. The highest BCUT2D eigenvalue weighted by Gasteiger charge is 2.21. The lowest BCUT2D eigenvalue weighted by Gasteiger charge is -2.34. The van der Waals surface area contributed by atoms with Crippen LogP contribution in [0, 0.1) is 5.92 Å². The van der Waals surface area contributed by atoms with Crippen LogP contribution in [0.15, 0.2) is 0 Å². The number of rotatable bonds is 9. The van der Waals surface area contributed by atoms with Crippen LogP contribution >= 0.6 is 0 Å². The first-order valence-corrected chi connectivity index (χ1v) is 7.36. The van der Waals surface area contributed by atoms with Crippen molar-refractivity contribution in [1.29, 1.82) is 0 Å². The Bertz CT molecular complexity index is 219. The van der Waals surface area contributed by atoms with Crippen molar-refractivity contribution >= 4 is 0 Å². The van der Waals surface area contributed by atoms with Gasteiger partial charge in [-0.2, -0.15) is 0 Å². The second-order valence-corrected chi connectivity index (χ2v) is 5.86. The number of nitrogens with one attached hydrogen (secondary N) is 1. The average molecular weight is 273 g/mol. The molecule has 1 rings (SSSR count). The molecule has 1 heterocycles. The van der Waals surface area contributed by atoms with Gasteiger partial charge >= 0.3 is 0 Å². The van der Waals surface area contributed by atoms with Crippen LogP contribution < -0.4 is 5.32 Å². The molecule has 19 heavy (non-hydrogen) atoms. The lowest BCUT2D eigenvalue weighted by molar-refractivity contribution is 0.0828. The van der Waals surface area contributed by atoms with Crippen LogP contribution in [0.25, 0.3) is 0 Å². The molecular weight excluding hydrogens is 242 g/mol. The van der Waals surface area contributed by atoms with Gasteiger partial charge in [0, 0.05) is 33.3 Å². The molecule has 0 radical (unpaired) electrons. The lowest BCUT2D eigenvalue weighted by Crippen LogP contribution is -2.43. The highest BCUT2D eigenvalue weighted by molar-refractivity contribution is 4.76. The lowest BCUT2D eigenvalue weighted by atomic mass is 9.96. The van der Waals surface area contributed by atoms with Crippen LogP contribution in [0.4, 0.5) is 0 Å². The van der Waals surface area contributed by atoms with Crippen molar-refractivity contribution in [3.05, 3.63) is 0 Å². The molecule has 0 bridgehead atoms. The summed E-state index contributed by atoms with van der Waals surface area (Å²) in [4.78, 5) is 4.66. The summed E-state index contributed by atoms with van der Waals surface area (Å²) < 4.78 is 4.96. The summed E-state index contributed by atoms with van der Waals surface area (Å²) in [5.41, 5.74) is 0. The molecule has 5 nitrogen and oxygen atoms in total. The van der Waals surface area contributed by atoms with E-state index in [2.05, 4.69) is 29.2 Å². The third-order valence-electron chi connectivity index (χ3n) is 3.66. The number of ether oxygens (including phenoxy) is 1. The Labute approximate surface area is 117 Å². The zero-order valence-corrected chi connectivity index (χ0v) is 12.8. The number of aliphatic hydroxyl groups is 1. The number of aliphatic hydroxyl groups excluding tert-OH is 1. The second-order valence-electron chi connectivity index (χ2n) is 5.86. The SMILES string of the molecule is COCCNCC(O)CN1CCC(CN(C)C)CC1. The summed E-state index contributed by atoms with van der Waals surface area (Å²) >= 11 is 0. The molecule has 1 aliphatic heterocycles. The molecule has 0 aromatic rings. The number of likely N-dealkylation sites (tertiary alicyclic amines) is 1. The zero-order valence-electron chi connectivity index (χ0n) is 12.8. The van der Waals surface area contributed by atoms with Crippen LogP contribution in [-0.4, -0.2) is 88.1 Å². The minimum Gasteiger partial charge on any atom is -0.390 e. The molecule has 0 aliphatic carbocycles. The summed E-state index contributed by atoms with van der Waals surface area (Å²) in [6, 6.07) is 0. The Morgan fingerprint density at radius 2 is 2.05 bits per heavy atom. The minimum absolute atomic E-state index is 0.276. The van der Waals surface area contributed by atoms with Gasteiger partial charge in [0.2, 0.25) is 0 Å². The van der Waals surface area contributed by atoms with Gasteiger partial charge in [0.05, 0.1) is 12.7 Å². The molecule has 0 aromatic heterocycles. The molecule has 5 heteroatoms. The summed E-state index contributed by atoms with van der Waals surface area (Å²) in [5.74, 6) is 0.822. The highest BCUT2D eigenvalue weighted by atomic mass is 16.5. The molecule has 1 fully saturated rings. The van der Waals surface area contributed by atoms with Crippen molar-refractivity contribution in [3.63, 3.8) is 0 Å². The number of β-amino-alcohol motifs (C(OH)–C–C–N with tert-alkyl or cyclic N) is 1. The van der Waals surface area contributed by atoms with Crippen molar-refractivity contribution in [1.82, 2.24) is 15.1 Å². The van der Waals surface area contributed by atoms with Crippen LogP contribution in [-0.2, 0) is 4.74 Å². The normalized spacial score (nSPS) is 20.1. The molecule has 1 unspecified atom stereocenters. The van der Waals surface area contributed by atoms with Crippen molar-refractivity contribution in [2.24, 2.45) is 5.92 Å². The maximum absolute atomic E-state index is 9.96. The van der Waals surface area contributed by atoms with E-state index in [0.717, 1.165) is 32.1 Å². The molecule has 1 atom stereocenters. The van der Waals surface area contributed by atoms with Gasteiger partial charge in [0.1, 0.15) is 0 Å². The third kappa shape index (κ3) is 7.84. The van der Waals surface area contributed by atoms with E-state index < -0.39 is 0 Å². The van der Waals surface area contributed by atoms with Crippen molar-refractivity contribution in [3.8, 4) is 0 Å². The summed E-state index contributed by atoms with van der Waals surface area (Å²) in [6.07, 6.45) is 2.23. The molecule has 1 aliphatic rings. The molecule has 114 valence electrons. The van der Waals surface area contributed by atoms with E-state index >= 15 is 0 Å². The Hall–Kier alpha value is -0.200. The fourth-order valence-electron chi connectivity index (χ4n) is 2.67. The molecule has 0 saturated carbocycles. The van der Waals surface area contributed by atoms with Crippen molar-refractivity contribution in [2.75, 3.05) is 67.1 Å². The third-order valence-corrected chi connectivity index (χ3v) is 3.66. The second kappa shape index (κ2) is 9.66. The van der Waals surface area contributed by atoms with Gasteiger partial charge in [-0.05, 0) is 45.9 Å². The van der Waals surface area contributed by atoms with Crippen LogP contribution in [0.1, 0.15) is 12.8 Å². The van der Waals surface area contributed by atoms with E-state index in [1.165, 1.54) is 19.4 Å². The molecule has 0 amide bonds. The number of methoxy groups -OCH3 is 1. The molecule has 2 N–H and O–H groups in total. The predicted molar refractivity (Wildman–Crippen MR) is 78.5 cm³/mol. The standard InChI is InChI=1S/C14H31N3O2/c1-16(2)11-13-4-7-17(8-5-13)12-14(18)10-15-6-9-19-3/h13-15,18H,4-12H2,1-3H3. The van der Waals surface area contributed by atoms with E-state index in [1.54, 1.807) is 7.11 Å². The number of nitrogens with zero attached hydrogens (tertiary/aromatic N) is 2. The Morgan fingerprint density at radius 3 is 2.63 bits per heavy atom. The topological polar surface area (TPSA) is 48.0 Å². The Morgan fingerprint density at radius 1 is 1.37 bits per heavy atom. The van der Waals surface area contributed by atoms with Crippen LogP contribution in [0.5, 0.6) is 0 Å². The zero-order chi connectivity index (χ0) is 14.1. The Kier molecular flexibility index (Phi) is 8.57. The predicted octanol–water partition coefficient (Wildman–Crippen LogP) is -0.143. The average Bonchev–Trinajstić information content (AvgIpc) is 2.36. The maximum Gasteiger partial charge on any atom is 0.0791 e. The van der Waals surface area contributed by atoms with Gasteiger partial charge in [-0.1, -0.05) is 0 Å². The maximum atomic E-state index is 9.96. The summed E-state index contributed by atoms with van der Waals surface area (Å²) in [6.45, 7) is 6.37. The molecule has 1 saturated heterocycles. The van der Waals surface area contributed by atoms with Crippen molar-refractivity contribution in [2.45, 2.75) is 18.9 Å². The van der Waals surface area contributed by atoms with E-state index in [1.807, 2.05) is 0 Å². The van der Waals surface area contributed by atoms with E-state index in [0.29, 0.717) is 13.2 Å². The minimum atomic E-state index is -0.276. The van der Waals surface area contributed by atoms with Crippen molar-refractivity contribution < 1.29 is 9.84 Å². The fourth-order valence-corrected chi connectivity index (χ4v) is 2.67. The van der Waals surface area contributed by atoms with Gasteiger partial charge in [-0.25, -0.2) is 0 Å². The molecule has 0 spiro atoms. The smallest absolute Gasteiger partial charge is 0.0791 e.